The van der Waals surface area contributed by atoms with Crippen LogP contribution in [0.25, 0.3) is 11.0 Å². The van der Waals surface area contributed by atoms with Crippen molar-refractivity contribution in [2.45, 2.75) is 19.8 Å². The molecule has 0 saturated carbocycles. The van der Waals surface area contributed by atoms with Crippen molar-refractivity contribution >= 4 is 16.9 Å². The summed E-state index contributed by atoms with van der Waals surface area (Å²) in [6.07, 6.45) is 1.83. The molecule has 1 aromatic heterocycles. The lowest BCUT2D eigenvalue weighted by molar-refractivity contribution is 0.0789. The number of hydrogen-bond acceptors (Lipinski definition) is 3. The zero-order valence-electron chi connectivity index (χ0n) is 11.5. The standard InChI is InChI=1S/C15H16FNO3/c1-3-4-7-17(2)14(18)12-8-10-5-6-11(16)9-13(10)20-15(12)19/h5-6,8-9H,3-4,7H2,1-2H3. The van der Waals surface area contributed by atoms with Gasteiger partial charge in [0, 0.05) is 25.0 Å². The van der Waals surface area contributed by atoms with Gasteiger partial charge < -0.3 is 9.32 Å². The summed E-state index contributed by atoms with van der Waals surface area (Å²) in [6, 6.07) is 5.32. The number of amides is 1. The van der Waals surface area contributed by atoms with Crippen LogP contribution in [-0.2, 0) is 0 Å². The second-order valence-electron chi connectivity index (χ2n) is 4.71. The molecule has 20 heavy (non-hydrogen) atoms. The van der Waals surface area contributed by atoms with E-state index in [1.807, 2.05) is 6.92 Å². The lowest BCUT2D eigenvalue weighted by Crippen LogP contribution is -2.31. The van der Waals surface area contributed by atoms with Crippen molar-refractivity contribution in [1.29, 1.82) is 0 Å². The van der Waals surface area contributed by atoms with Crippen molar-refractivity contribution in [3.05, 3.63) is 46.1 Å². The van der Waals surface area contributed by atoms with Crippen LogP contribution in [0.15, 0.2) is 33.5 Å². The highest BCUT2D eigenvalue weighted by Gasteiger charge is 2.17. The number of carbonyl (C=O) groups is 1. The van der Waals surface area contributed by atoms with Crippen molar-refractivity contribution in [3.63, 3.8) is 0 Å². The zero-order chi connectivity index (χ0) is 14.7. The minimum Gasteiger partial charge on any atom is -0.422 e. The van der Waals surface area contributed by atoms with Gasteiger partial charge >= 0.3 is 5.63 Å². The molecule has 0 aliphatic rings. The minimum atomic E-state index is -0.739. The normalized spacial score (nSPS) is 10.8. The number of benzene rings is 1. The molecule has 0 unspecified atom stereocenters. The average Bonchev–Trinajstić information content (AvgIpc) is 2.43. The summed E-state index contributed by atoms with van der Waals surface area (Å²) in [5.74, 6) is -0.863. The van der Waals surface area contributed by atoms with Crippen LogP contribution in [0.4, 0.5) is 4.39 Å². The van der Waals surface area contributed by atoms with Crippen molar-refractivity contribution in [2.75, 3.05) is 13.6 Å². The monoisotopic (exact) mass is 277 g/mol. The van der Waals surface area contributed by atoms with Crippen LogP contribution in [0.3, 0.4) is 0 Å². The smallest absolute Gasteiger partial charge is 0.349 e. The van der Waals surface area contributed by atoms with Gasteiger partial charge in [-0.2, -0.15) is 0 Å². The number of carbonyl (C=O) groups excluding carboxylic acids is 1. The number of rotatable bonds is 4. The largest absolute Gasteiger partial charge is 0.422 e. The molecule has 0 radical (unpaired) electrons. The maximum Gasteiger partial charge on any atom is 0.349 e. The Kier molecular flexibility index (Phi) is 4.17. The molecule has 0 N–H and O–H groups in total. The number of halogens is 1. The molecule has 1 heterocycles. The van der Waals surface area contributed by atoms with E-state index in [2.05, 4.69) is 0 Å². The Morgan fingerprint density at radius 1 is 1.35 bits per heavy atom. The Morgan fingerprint density at radius 3 is 2.80 bits per heavy atom. The Balaban J connectivity index is 2.39. The molecular formula is C15H16FNO3. The van der Waals surface area contributed by atoms with Crippen molar-refractivity contribution in [3.8, 4) is 0 Å². The van der Waals surface area contributed by atoms with Crippen LogP contribution in [0.2, 0.25) is 0 Å². The fourth-order valence-corrected chi connectivity index (χ4v) is 1.94. The van der Waals surface area contributed by atoms with E-state index in [1.165, 1.54) is 23.1 Å². The van der Waals surface area contributed by atoms with Crippen LogP contribution < -0.4 is 5.63 Å². The molecule has 0 spiro atoms. The van der Waals surface area contributed by atoms with Crippen LogP contribution in [0.5, 0.6) is 0 Å². The highest BCUT2D eigenvalue weighted by atomic mass is 19.1. The first-order valence-corrected chi connectivity index (χ1v) is 6.52. The van der Waals surface area contributed by atoms with Crippen molar-refractivity contribution in [2.24, 2.45) is 0 Å². The second-order valence-corrected chi connectivity index (χ2v) is 4.71. The van der Waals surface area contributed by atoms with Crippen LogP contribution in [0.1, 0.15) is 30.1 Å². The maximum atomic E-state index is 13.1. The summed E-state index contributed by atoms with van der Waals surface area (Å²) in [5, 5.41) is 0.526. The molecular weight excluding hydrogens is 261 g/mol. The van der Waals surface area contributed by atoms with Crippen LogP contribution in [0, 0.1) is 5.82 Å². The predicted molar refractivity (Wildman–Crippen MR) is 74.3 cm³/mol. The topological polar surface area (TPSA) is 50.5 Å². The van der Waals surface area contributed by atoms with Gasteiger partial charge in [0.15, 0.2) is 0 Å². The van der Waals surface area contributed by atoms with Crippen LogP contribution in [-0.4, -0.2) is 24.4 Å². The predicted octanol–water partition coefficient (Wildman–Crippen LogP) is 2.80. The maximum absolute atomic E-state index is 13.1. The van der Waals surface area contributed by atoms with E-state index in [0.29, 0.717) is 11.9 Å². The first-order valence-electron chi connectivity index (χ1n) is 6.52. The van der Waals surface area contributed by atoms with Gasteiger partial charge in [0.1, 0.15) is 17.0 Å². The van der Waals surface area contributed by atoms with Crippen molar-refractivity contribution < 1.29 is 13.6 Å². The Hall–Kier alpha value is -2.17. The Bertz CT molecular complexity index is 693. The van der Waals surface area contributed by atoms with Gasteiger partial charge in [-0.15, -0.1) is 0 Å². The molecule has 1 aromatic carbocycles. The fourth-order valence-electron chi connectivity index (χ4n) is 1.94. The first-order chi connectivity index (χ1) is 9.52. The fraction of sp³-hybridized carbons (Fsp3) is 0.333. The summed E-state index contributed by atoms with van der Waals surface area (Å²) in [4.78, 5) is 25.5. The molecule has 0 atom stereocenters. The van der Waals surface area contributed by atoms with Gasteiger partial charge in [-0.05, 0) is 24.6 Å². The quantitative estimate of drug-likeness (QED) is 0.807. The SMILES string of the molecule is CCCCN(C)C(=O)c1cc2ccc(F)cc2oc1=O. The van der Waals surface area contributed by atoms with Gasteiger partial charge in [-0.25, -0.2) is 9.18 Å². The highest BCUT2D eigenvalue weighted by molar-refractivity contribution is 5.96. The summed E-state index contributed by atoms with van der Waals surface area (Å²) in [6.45, 7) is 2.60. The molecule has 5 heteroatoms. The second kappa shape index (κ2) is 5.86. The van der Waals surface area contributed by atoms with Gasteiger partial charge in [-0.1, -0.05) is 13.3 Å². The van der Waals surface area contributed by atoms with E-state index < -0.39 is 11.4 Å². The lowest BCUT2D eigenvalue weighted by atomic mass is 10.1. The first kappa shape index (κ1) is 14.2. The molecule has 0 fully saturated rings. The number of unbranched alkanes of at least 4 members (excludes halogenated alkanes) is 1. The summed E-state index contributed by atoms with van der Waals surface area (Å²) in [5.41, 5.74) is -0.623. The van der Waals surface area contributed by atoms with E-state index in [1.54, 1.807) is 7.05 Å². The molecule has 2 rings (SSSR count). The molecule has 2 aromatic rings. The third-order valence-electron chi connectivity index (χ3n) is 3.12. The Morgan fingerprint density at radius 2 is 2.10 bits per heavy atom. The Labute approximate surface area is 115 Å². The molecule has 0 bridgehead atoms. The minimum absolute atomic E-state index is 0.0253. The average molecular weight is 277 g/mol. The molecule has 1 amide bonds. The van der Waals surface area contributed by atoms with E-state index in [-0.39, 0.29) is 17.1 Å². The number of hydrogen-bond donors (Lipinski definition) is 0. The van der Waals surface area contributed by atoms with Crippen molar-refractivity contribution in [1.82, 2.24) is 4.90 Å². The molecule has 106 valence electrons. The molecule has 0 aliphatic heterocycles. The molecule has 0 saturated heterocycles. The van der Waals surface area contributed by atoms with E-state index in [4.69, 9.17) is 4.42 Å². The summed E-state index contributed by atoms with van der Waals surface area (Å²) < 4.78 is 18.1. The van der Waals surface area contributed by atoms with Gasteiger partial charge in [0.05, 0.1) is 0 Å². The van der Waals surface area contributed by atoms with E-state index in [0.717, 1.165) is 18.9 Å². The number of fused-ring (bicyclic) bond motifs is 1. The lowest BCUT2D eigenvalue weighted by Gasteiger charge is -2.16. The van der Waals surface area contributed by atoms with Gasteiger partial charge in [-0.3, -0.25) is 4.79 Å². The third kappa shape index (κ3) is 2.87. The third-order valence-corrected chi connectivity index (χ3v) is 3.12. The van der Waals surface area contributed by atoms with E-state index in [9.17, 15) is 14.0 Å². The highest BCUT2D eigenvalue weighted by Crippen LogP contribution is 2.15. The van der Waals surface area contributed by atoms with Gasteiger partial charge in [0.2, 0.25) is 0 Å². The number of nitrogens with zero attached hydrogens (tertiary/aromatic N) is 1. The molecule has 4 nitrogen and oxygen atoms in total. The van der Waals surface area contributed by atoms with Crippen LogP contribution >= 0.6 is 0 Å². The van der Waals surface area contributed by atoms with E-state index >= 15 is 0 Å². The molecule has 0 aliphatic carbocycles. The summed E-state index contributed by atoms with van der Waals surface area (Å²) >= 11 is 0. The summed E-state index contributed by atoms with van der Waals surface area (Å²) in [7, 11) is 1.65. The van der Waals surface area contributed by atoms with Gasteiger partial charge in [0.25, 0.3) is 5.91 Å². The zero-order valence-corrected chi connectivity index (χ0v) is 11.5.